The van der Waals surface area contributed by atoms with Gasteiger partial charge < -0.3 is 9.84 Å². The lowest BCUT2D eigenvalue weighted by Gasteiger charge is -2.19. The third kappa shape index (κ3) is 4.86. The molecule has 6 heteroatoms. The first kappa shape index (κ1) is 13.5. The van der Waals surface area contributed by atoms with Crippen LogP contribution in [0.2, 0.25) is 0 Å². The van der Waals surface area contributed by atoms with E-state index in [0.717, 1.165) is 0 Å². The van der Waals surface area contributed by atoms with Gasteiger partial charge in [0.15, 0.2) is 0 Å². The number of hydrogen-bond acceptors (Lipinski definition) is 4. The van der Waals surface area contributed by atoms with Crippen LogP contribution in [-0.4, -0.2) is 22.8 Å². The number of rotatable bonds is 3. The summed E-state index contributed by atoms with van der Waals surface area (Å²) in [7, 11) is 0. The average Bonchev–Trinajstić information content (AvgIpc) is 2.47. The predicted octanol–water partition coefficient (Wildman–Crippen LogP) is 2.72. The number of anilines is 1. The Bertz CT molecular complexity index is 419. The molecule has 0 atom stereocenters. The Hall–Kier alpha value is -1.56. The highest BCUT2D eigenvalue weighted by molar-refractivity contribution is 7.14. The van der Waals surface area contributed by atoms with Gasteiger partial charge in [-0.15, -0.1) is 11.3 Å². The fraction of sp³-hybridized carbons (Fsp3) is 0.455. The van der Waals surface area contributed by atoms with Crippen LogP contribution in [-0.2, 0) is 16.0 Å². The van der Waals surface area contributed by atoms with Gasteiger partial charge in [0, 0.05) is 0 Å². The van der Waals surface area contributed by atoms with E-state index in [-0.39, 0.29) is 6.42 Å². The standard InChI is InChI=1S/C11H15NO4S/c1-11(2,3)16-10(15)12-9-7(4-5-17-9)6-8(13)14/h4-5H,6H2,1-3H3,(H,12,15)(H,13,14). The number of amides is 1. The molecule has 0 unspecified atom stereocenters. The number of nitrogens with one attached hydrogen (secondary N) is 1. The molecule has 1 aromatic rings. The van der Waals surface area contributed by atoms with E-state index in [4.69, 9.17) is 9.84 Å². The summed E-state index contributed by atoms with van der Waals surface area (Å²) in [6, 6.07) is 1.67. The average molecular weight is 257 g/mol. The monoisotopic (exact) mass is 257 g/mol. The van der Waals surface area contributed by atoms with Gasteiger partial charge in [0.25, 0.3) is 0 Å². The smallest absolute Gasteiger partial charge is 0.412 e. The van der Waals surface area contributed by atoms with Gasteiger partial charge in [-0.1, -0.05) is 0 Å². The number of carboxylic acid groups (broad SMARTS) is 1. The van der Waals surface area contributed by atoms with E-state index in [1.54, 1.807) is 32.2 Å². The van der Waals surface area contributed by atoms with Gasteiger partial charge >= 0.3 is 12.1 Å². The first-order valence-corrected chi connectivity index (χ1v) is 5.94. The molecule has 2 N–H and O–H groups in total. The van der Waals surface area contributed by atoms with E-state index in [2.05, 4.69) is 5.32 Å². The summed E-state index contributed by atoms with van der Waals surface area (Å²) in [6.07, 6.45) is -0.694. The van der Waals surface area contributed by atoms with Crippen molar-refractivity contribution < 1.29 is 19.4 Å². The molecule has 0 fully saturated rings. The Morgan fingerprint density at radius 1 is 1.47 bits per heavy atom. The summed E-state index contributed by atoms with van der Waals surface area (Å²) in [4.78, 5) is 22.1. The first-order valence-electron chi connectivity index (χ1n) is 5.06. The fourth-order valence-electron chi connectivity index (χ4n) is 1.14. The Kier molecular flexibility index (Phi) is 4.11. The molecule has 17 heavy (non-hydrogen) atoms. The molecule has 1 rings (SSSR count). The number of carboxylic acids is 1. The van der Waals surface area contributed by atoms with Gasteiger partial charge in [0.1, 0.15) is 10.6 Å². The SMILES string of the molecule is CC(C)(C)OC(=O)Nc1sccc1CC(=O)O. The van der Waals surface area contributed by atoms with Crippen molar-refractivity contribution in [2.75, 3.05) is 5.32 Å². The van der Waals surface area contributed by atoms with Gasteiger partial charge in [-0.2, -0.15) is 0 Å². The maximum absolute atomic E-state index is 11.5. The molecule has 0 saturated heterocycles. The maximum atomic E-state index is 11.5. The molecule has 5 nitrogen and oxygen atoms in total. The second-order valence-corrected chi connectivity index (χ2v) is 5.39. The molecular weight excluding hydrogens is 242 g/mol. The highest BCUT2D eigenvalue weighted by Gasteiger charge is 2.18. The van der Waals surface area contributed by atoms with Crippen molar-refractivity contribution in [1.82, 2.24) is 0 Å². The molecule has 94 valence electrons. The van der Waals surface area contributed by atoms with E-state index in [9.17, 15) is 9.59 Å². The molecule has 0 saturated carbocycles. The number of hydrogen-bond donors (Lipinski definition) is 2. The van der Waals surface area contributed by atoms with Crippen LogP contribution in [0.4, 0.5) is 9.80 Å². The minimum Gasteiger partial charge on any atom is -0.481 e. The number of ether oxygens (including phenoxy) is 1. The highest BCUT2D eigenvalue weighted by Crippen LogP contribution is 2.24. The first-order chi connectivity index (χ1) is 7.78. The second kappa shape index (κ2) is 5.18. The molecule has 1 aromatic heterocycles. The number of carbonyl (C=O) groups is 2. The summed E-state index contributed by atoms with van der Waals surface area (Å²) in [5.74, 6) is -0.935. The molecular formula is C11H15NO4S. The molecule has 0 aliphatic rings. The highest BCUT2D eigenvalue weighted by atomic mass is 32.1. The van der Waals surface area contributed by atoms with Crippen LogP contribution in [0, 0.1) is 0 Å². The van der Waals surface area contributed by atoms with Crippen LogP contribution in [0.15, 0.2) is 11.4 Å². The van der Waals surface area contributed by atoms with Crippen molar-refractivity contribution in [3.63, 3.8) is 0 Å². The van der Waals surface area contributed by atoms with Crippen molar-refractivity contribution in [2.24, 2.45) is 0 Å². The number of aliphatic carboxylic acids is 1. The lowest BCUT2D eigenvalue weighted by atomic mass is 10.2. The van der Waals surface area contributed by atoms with Crippen molar-refractivity contribution in [2.45, 2.75) is 32.8 Å². The normalized spacial score (nSPS) is 11.0. The maximum Gasteiger partial charge on any atom is 0.412 e. The summed E-state index contributed by atoms with van der Waals surface area (Å²) >= 11 is 1.27. The van der Waals surface area contributed by atoms with Crippen LogP contribution in [0.1, 0.15) is 26.3 Å². The van der Waals surface area contributed by atoms with Crippen molar-refractivity contribution >= 4 is 28.4 Å². The van der Waals surface area contributed by atoms with E-state index in [1.165, 1.54) is 11.3 Å². The zero-order valence-electron chi connectivity index (χ0n) is 9.94. The molecule has 0 bridgehead atoms. The van der Waals surface area contributed by atoms with Crippen LogP contribution < -0.4 is 5.32 Å². The molecule has 1 heterocycles. The Morgan fingerprint density at radius 3 is 2.65 bits per heavy atom. The van der Waals surface area contributed by atoms with E-state index in [1.807, 2.05) is 0 Å². The van der Waals surface area contributed by atoms with Gasteiger partial charge in [-0.05, 0) is 37.8 Å². The Morgan fingerprint density at radius 2 is 2.12 bits per heavy atom. The van der Waals surface area contributed by atoms with Gasteiger partial charge in [0.05, 0.1) is 6.42 Å². The van der Waals surface area contributed by atoms with Crippen molar-refractivity contribution in [3.05, 3.63) is 17.0 Å². The topological polar surface area (TPSA) is 75.6 Å². The zero-order valence-corrected chi connectivity index (χ0v) is 10.8. The van der Waals surface area contributed by atoms with Crippen LogP contribution in [0.25, 0.3) is 0 Å². The van der Waals surface area contributed by atoms with E-state index < -0.39 is 17.7 Å². The summed E-state index contributed by atoms with van der Waals surface area (Å²) in [6.45, 7) is 5.29. The number of carbonyl (C=O) groups excluding carboxylic acids is 1. The van der Waals surface area contributed by atoms with Crippen LogP contribution in [0.3, 0.4) is 0 Å². The van der Waals surface area contributed by atoms with Crippen LogP contribution in [0.5, 0.6) is 0 Å². The fourth-order valence-corrected chi connectivity index (χ4v) is 1.95. The molecule has 0 aromatic carbocycles. The lowest BCUT2D eigenvalue weighted by Crippen LogP contribution is -2.27. The second-order valence-electron chi connectivity index (χ2n) is 4.47. The summed E-state index contributed by atoms with van der Waals surface area (Å²) in [5.41, 5.74) is 0.00209. The minimum atomic E-state index is -0.935. The quantitative estimate of drug-likeness (QED) is 0.873. The summed E-state index contributed by atoms with van der Waals surface area (Å²) in [5, 5.41) is 13.5. The minimum absolute atomic E-state index is 0.116. The molecule has 1 amide bonds. The van der Waals surface area contributed by atoms with Crippen molar-refractivity contribution in [3.8, 4) is 0 Å². The third-order valence-electron chi connectivity index (χ3n) is 1.70. The Balaban J connectivity index is 2.65. The largest absolute Gasteiger partial charge is 0.481 e. The molecule has 0 radical (unpaired) electrons. The molecule has 0 aliphatic carbocycles. The third-order valence-corrected chi connectivity index (χ3v) is 2.58. The lowest BCUT2D eigenvalue weighted by molar-refractivity contribution is -0.136. The van der Waals surface area contributed by atoms with Gasteiger partial charge in [-0.3, -0.25) is 10.1 Å². The van der Waals surface area contributed by atoms with Crippen LogP contribution >= 0.6 is 11.3 Å². The van der Waals surface area contributed by atoms with E-state index >= 15 is 0 Å². The van der Waals surface area contributed by atoms with Gasteiger partial charge in [-0.25, -0.2) is 4.79 Å². The summed E-state index contributed by atoms with van der Waals surface area (Å²) < 4.78 is 5.08. The molecule has 0 spiro atoms. The number of thiophene rings is 1. The van der Waals surface area contributed by atoms with Crippen molar-refractivity contribution in [1.29, 1.82) is 0 Å². The zero-order chi connectivity index (χ0) is 13.1. The molecule has 0 aliphatic heterocycles. The van der Waals surface area contributed by atoms with Gasteiger partial charge in [0.2, 0.25) is 0 Å². The predicted molar refractivity (Wildman–Crippen MR) is 65.5 cm³/mol. The van der Waals surface area contributed by atoms with E-state index in [0.29, 0.717) is 10.6 Å². The Labute approximate surface area is 103 Å².